The first kappa shape index (κ1) is 20.6. The van der Waals surface area contributed by atoms with Crippen molar-refractivity contribution >= 4 is 11.9 Å². The van der Waals surface area contributed by atoms with Gasteiger partial charge in [-0.05, 0) is 13.3 Å². The summed E-state index contributed by atoms with van der Waals surface area (Å²) in [4.78, 5) is 48.4. The van der Waals surface area contributed by atoms with Gasteiger partial charge >= 0.3 is 11.7 Å². The second kappa shape index (κ2) is 9.77. The lowest BCUT2D eigenvalue weighted by molar-refractivity contribution is -0.143. The summed E-state index contributed by atoms with van der Waals surface area (Å²) in [6, 6.07) is 1.20. The summed E-state index contributed by atoms with van der Waals surface area (Å²) in [5.41, 5.74) is -1.05. The summed E-state index contributed by atoms with van der Waals surface area (Å²) < 4.78 is 7.27. The summed E-state index contributed by atoms with van der Waals surface area (Å²) in [7, 11) is 1.33. The van der Waals surface area contributed by atoms with Crippen molar-refractivity contribution in [1.29, 1.82) is 0 Å². The fourth-order valence-electron chi connectivity index (χ4n) is 2.21. The average Bonchev–Trinajstić information content (AvgIpc) is 2.57. The van der Waals surface area contributed by atoms with Crippen molar-refractivity contribution in [3.05, 3.63) is 33.1 Å². The molecule has 25 heavy (non-hydrogen) atoms. The molecule has 140 valence electrons. The second-order valence-corrected chi connectivity index (χ2v) is 5.75. The van der Waals surface area contributed by atoms with Gasteiger partial charge in [-0.3, -0.25) is 23.5 Å². The Morgan fingerprint density at radius 1 is 1.36 bits per heavy atom. The molecule has 0 aliphatic heterocycles. The molecule has 1 unspecified atom stereocenters. The Morgan fingerprint density at radius 3 is 2.64 bits per heavy atom. The minimum atomic E-state index is -0.998. The fraction of sp³-hybridized carbons (Fsp3) is 0.625. The van der Waals surface area contributed by atoms with Crippen LogP contribution in [0.25, 0.3) is 0 Å². The van der Waals surface area contributed by atoms with Gasteiger partial charge in [-0.2, -0.15) is 0 Å². The third kappa shape index (κ3) is 6.18. The number of aliphatic carboxylic acids is 1. The molecule has 1 atom stereocenters. The minimum Gasteiger partial charge on any atom is -0.481 e. The van der Waals surface area contributed by atoms with Crippen molar-refractivity contribution in [3.8, 4) is 0 Å². The molecule has 9 heteroatoms. The number of amides is 1. The van der Waals surface area contributed by atoms with Gasteiger partial charge < -0.3 is 14.7 Å². The van der Waals surface area contributed by atoms with Crippen molar-refractivity contribution in [1.82, 2.24) is 14.0 Å². The predicted octanol–water partition coefficient (Wildman–Crippen LogP) is -0.477. The van der Waals surface area contributed by atoms with Gasteiger partial charge in [0.15, 0.2) is 0 Å². The Labute approximate surface area is 145 Å². The smallest absolute Gasteiger partial charge is 0.331 e. The number of rotatable bonds is 10. The molecule has 1 aromatic heterocycles. The SMILES string of the molecule is CCOCCCN(CC(C)C(=O)O)C(=O)Cn1ccc(=O)n(C)c1=O. The van der Waals surface area contributed by atoms with E-state index >= 15 is 0 Å². The molecule has 1 aromatic rings. The van der Waals surface area contributed by atoms with Crippen LogP contribution in [0.1, 0.15) is 20.3 Å². The zero-order valence-electron chi connectivity index (χ0n) is 14.8. The number of hydrogen-bond donors (Lipinski definition) is 1. The highest BCUT2D eigenvalue weighted by atomic mass is 16.5. The number of nitrogens with zero attached hydrogens (tertiary/aromatic N) is 3. The molecule has 9 nitrogen and oxygen atoms in total. The van der Waals surface area contributed by atoms with Crippen LogP contribution in [0.4, 0.5) is 0 Å². The largest absolute Gasteiger partial charge is 0.481 e. The molecule has 0 spiro atoms. The molecular weight excluding hydrogens is 330 g/mol. The van der Waals surface area contributed by atoms with Gasteiger partial charge in [0, 0.05) is 45.6 Å². The van der Waals surface area contributed by atoms with Gasteiger partial charge in [0.1, 0.15) is 6.54 Å². The number of carboxylic acid groups (broad SMARTS) is 1. The van der Waals surface area contributed by atoms with E-state index < -0.39 is 23.1 Å². The van der Waals surface area contributed by atoms with Crippen LogP contribution in [0.15, 0.2) is 21.9 Å². The molecule has 0 saturated carbocycles. The molecule has 0 bridgehead atoms. The predicted molar refractivity (Wildman–Crippen MR) is 90.4 cm³/mol. The van der Waals surface area contributed by atoms with E-state index in [2.05, 4.69) is 0 Å². The maximum absolute atomic E-state index is 12.5. The van der Waals surface area contributed by atoms with Crippen LogP contribution >= 0.6 is 0 Å². The number of carbonyl (C=O) groups is 2. The molecule has 1 N–H and O–H groups in total. The maximum Gasteiger partial charge on any atom is 0.331 e. The van der Waals surface area contributed by atoms with Crippen molar-refractivity contribution < 1.29 is 19.4 Å². The maximum atomic E-state index is 12.5. The van der Waals surface area contributed by atoms with Crippen molar-refractivity contribution in [2.75, 3.05) is 26.3 Å². The molecule has 0 saturated heterocycles. The van der Waals surface area contributed by atoms with Crippen molar-refractivity contribution in [2.45, 2.75) is 26.8 Å². The number of hydrogen-bond acceptors (Lipinski definition) is 5. The third-order valence-corrected chi connectivity index (χ3v) is 3.76. The van der Waals surface area contributed by atoms with E-state index in [0.29, 0.717) is 26.2 Å². The van der Waals surface area contributed by atoms with Crippen LogP contribution in [0.5, 0.6) is 0 Å². The normalized spacial score (nSPS) is 12.0. The first-order valence-corrected chi connectivity index (χ1v) is 8.12. The van der Waals surface area contributed by atoms with Crippen molar-refractivity contribution in [2.24, 2.45) is 13.0 Å². The summed E-state index contributed by atoms with van der Waals surface area (Å²) in [6.45, 7) is 4.52. The van der Waals surface area contributed by atoms with Crippen LogP contribution in [-0.4, -0.2) is 57.3 Å². The van der Waals surface area contributed by atoms with Crippen LogP contribution in [0, 0.1) is 5.92 Å². The Bertz CT molecular complexity index is 709. The zero-order valence-corrected chi connectivity index (χ0v) is 14.8. The number of carboxylic acids is 1. The lowest BCUT2D eigenvalue weighted by Gasteiger charge is -2.25. The van der Waals surface area contributed by atoms with Crippen LogP contribution in [0.2, 0.25) is 0 Å². The van der Waals surface area contributed by atoms with E-state index in [4.69, 9.17) is 9.84 Å². The summed E-state index contributed by atoms with van der Waals surface area (Å²) in [6.07, 6.45) is 1.83. The Kier molecular flexibility index (Phi) is 8.06. The topological polar surface area (TPSA) is 111 Å². The van der Waals surface area contributed by atoms with Crippen LogP contribution in [0.3, 0.4) is 0 Å². The first-order chi connectivity index (χ1) is 11.8. The van der Waals surface area contributed by atoms with E-state index in [1.165, 1.54) is 31.1 Å². The monoisotopic (exact) mass is 355 g/mol. The lowest BCUT2D eigenvalue weighted by Crippen LogP contribution is -2.43. The van der Waals surface area contributed by atoms with E-state index in [9.17, 15) is 19.2 Å². The Hall–Kier alpha value is -2.42. The average molecular weight is 355 g/mol. The van der Waals surface area contributed by atoms with Crippen molar-refractivity contribution in [3.63, 3.8) is 0 Å². The standard InChI is InChI=1S/C16H25N3O6/c1-4-25-9-5-7-18(10-12(2)15(22)23)14(21)11-19-8-6-13(20)17(3)16(19)24/h6,8,12H,4-5,7,9-11H2,1-3H3,(H,22,23). The number of aromatic nitrogens is 2. The van der Waals surface area contributed by atoms with Gasteiger partial charge in [-0.15, -0.1) is 0 Å². The van der Waals surface area contributed by atoms with Gasteiger partial charge in [-0.1, -0.05) is 6.92 Å². The molecular formula is C16H25N3O6. The van der Waals surface area contributed by atoms with Gasteiger partial charge in [0.05, 0.1) is 5.92 Å². The van der Waals surface area contributed by atoms with Gasteiger partial charge in [0.25, 0.3) is 5.56 Å². The quantitative estimate of drug-likeness (QED) is 0.568. The molecule has 1 amide bonds. The second-order valence-electron chi connectivity index (χ2n) is 5.75. The molecule has 0 aliphatic rings. The highest BCUT2D eigenvalue weighted by Gasteiger charge is 2.21. The molecule has 0 aromatic carbocycles. The Morgan fingerprint density at radius 2 is 2.04 bits per heavy atom. The zero-order chi connectivity index (χ0) is 19.0. The molecule has 0 aliphatic carbocycles. The number of ether oxygens (including phenoxy) is 1. The van der Waals surface area contributed by atoms with Gasteiger partial charge in [-0.25, -0.2) is 4.79 Å². The molecule has 1 heterocycles. The highest BCUT2D eigenvalue weighted by molar-refractivity contribution is 5.77. The van der Waals surface area contributed by atoms with E-state index in [0.717, 1.165) is 9.13 Å². The number of carbonyl (C=O) groups excluding carboxylic acids is 1. The highest BCUT2D eigenvalue weighted by Crippen LogP contribution is 2.04. The van der Waals surface area contributed by atoms with E-state index in [-0.39, 0.29) is 19.0 Å². The summed E-state index contributed by atoms with van der Waals surface area (Å²) in [5, 5.41) is 9.07. The van der Waals surface area contributed by atoms with E-state index in [1.54, 1.807) is 0 Å². The van der Waals surface area contributed by atoms with E-state index in [1.807, 2.05) is 6.92 Å². The van der Waals surface area contributed by atoms with Crippen LogP contribution in [-0.2, 0) is 27.9 Å². The lowest BCUT2D eigenvalue weighted by atomic mass is 10.1. The van der Waals surface area contributed by atoms with Gasteiger partial charge in [0.2, 0.25) is 5.91 Å². The Balaban J connectivity index is 2.87. The third-order valence-electron chi connectivity index (χ3n) is 3.76. The summed E-state index contributed by atoms with van der Waals surface area (Å²) >= 11 is 0. The van der Waals surface area contributed by atoms with Crippen LogP contribution < -0.4 is 11.2 Å². The summed E-state index contributed by atoms with van der Waals surface area (Å²) in [5.74, 6) is -2.11. The molecule has 1 rings (SSSR count). The molecule has 0 radical (unpaired) electrons. The fourth-order valence-corrected chi connectivity index (χ4v) is 2.21. The molecule has 0 fully saturated rings. The minimum absolute atomic E-state index is 0.0425. The first-order valence-electron chi connectivity index (χ1n) is 8.12.